The first-order valence-corrected chi connectivity index (χ1v) is 11.9. The van der Waals surface area contributed by atoms with Crippen molar-refractivity contribution in [3.63, 3.8) is 0 Å². The van der Waals surface area contributed by atoms with Crippen molar-refractivity contribution in [3.8, 4) is 17.0 Å². The molecule has 4 aromatic rings. The molecule has 8 heteroatoms. The molecule has 7 nitrogen and oxygen atoms in total. The van der Waals surface area contributed by atoms with Crippen LogP contribution >= 0.6 is 0 Å². The zero-order valence-electron chi connectivity index (χ0n) is 20.8. The molecule has 5 rings (SSSR count). The second-order valence-corrected chi connectivity index (χ2v) is 9.32. The highest BCUT2D eigenvalue weighted by Gasteiger charge is 2.28. The Morgan fingerprint density at radius 2 is 1.89 bits per heavy atom. The summed E-state index contributed by atoms with van der Waals surface area (Å²) in [4.78, 5) is 21.7. The van der Waals surface area contributed by atoms with E-state index in [0.717, 1.165) is 28.2 Å². The van der Waals surface area contributed by atoms with Gasteiger partial charge in [-0.25, -0.2) is 9.37 Å². The normalized spacial score (nSPS) is 14.4. The monoisotopic (exact) mass is 485 g/mol. The van der Waals surface area contributed by atoms with Gasteiger partial charge >= 0.3 is 0 Å². The van der Waals surface area contributed by atoms with Crippen LogP contribution in [0.3, 0.4) is 0 Å². The van der Waals surface area contributed by atoms with E-state index in [9.17, 15) is 9.18 Å². The van der Waals surface area contributed by atoms with Crippen molar-refractivity contribution in [3.05, 3.63) is 93.9 Å². The number of ether oxygens (including phenoxy) is 1. The maximum atomic E-state index is 14.4. The molecule has 1 amide bonds. The summed E-state index contributed by atoms with van der Waals surface area (Å²) >= 11 is 0. The Labute approximate surface area is 209 Å². The van der Waals surface area contributed by atoms with Gasteiger partial charge in [0, 0.05) is 35.0 Å². The average molecular weight is 486 g/mol. The van der Waals surface area contributed by atoms with E-state index in [0.29, 0.717) is 47.8 Å². The van der Waals surface area contributed by atoms with E-state index in [1.807, 2.05) is 62.7 Å². The van der Waals surface area contributed by atoms with Crippen LogP contribution in [0.1, 0.15) is 44.3 Å². The first kappa shape index (κ1) is 23.7. The van der Waals surface area contributed by atoms with Gasteiger partial charge in [0.25, 0.3) is 5.91 Å². The van der Waals surface area contributed by atoms with Crippen molar-refractivity contribution in [2.45, 2.75) is 46.8 Å². The molecule has 1 aliphatic rings. The number of carbonyl (C=O) groups is 1. The molecule has 0 saturated heterocycles. The van der Waals surface area contributed by atoms with E-state index in [-0.39, 0.29) is 17.8 Å². The summed E-state index contributed by atoms with van der Waals surface area (Å²) in [5, 5.41) is 7.43. The predicted octanol–water partition coefficient (Wildman–Crippen LogP) is 4.49. The molecule has 0 fully saturated rings. The van der Waals surface area contributed by atoms with Gasteiger partial charge in [0.15, 0.2) is 0 Å². The van der Waals surface area contributed by atoms with E-state index in [2.05, 4.69) is 20.4 Å². The lowest BCUT2D eigenvalue weighted by atomic mass is 10.0. The predicted molar refractivity (Wildman–Crippen MR) is 135 cm³/mol. The van der Waals surface area contributed by atoms with Crippen LogP contribution in [0.15, 0.2) is 48.7 Å². The summed E-state index contributed by atoms with van der Waals surface area (Å²) in [7, 11) is 0. The summed E-state index contributed by atoms with van der Waals surface area (Å²) < 4.78 is 22.5. The van der Waals surface area contributed by atoms with Crippen LogP contribution < -0.4 is 10.1 Å². The largest absolute Gasteiger partial charge is 0.487 e. The highest BCUT2D eigenvalue weighted by atomic mass is 19.1. The highest BCUT2D eigenvalue weighted by molar-refractivity contribution is 5.94. The van der Waals surface area contributed by atoms with Gasteiger partial charge in [-0.3, -0.25) is 14.5 Å². The quantitative estimate of drug-likeness (QED) is 0.435. The first-order chi connectivity index (χ1) is 17.3. The molecular formula is C28H28FN5O2. The number of halogens is 1. The average Bonchev–Trinajstić information content (AvgIpc) is 3.40. The van der Waals surface area contributed by atoms with Gasteiger partial charge in [-0.15, -0.1) is 0 Å². The Kier molecular flexibility index (Phi) is 6.26. The lowest BCUT2D eigenvalue weighted by Crippen LogP contribution is -2.34. The molecule has 1 aliphatic heterocycles. The number of hydrogen-bond acceptors (Lipinski definition) is 5. The number of carbonyl (C=O) groups excluding carboxylic acids is 1. The third-order valence-electron chi connectivity index (χ3n) is 6.34. The lowest BCUT2D eigenvalue weighted by molar-refractivity contribution is 0.0933. The zero-order valence-corrected chi connectivity index (χ0v) is 20.8. The van der Waals surface area contributed by atoms with E-state index in [1.54, 1.807) is 6.20 Å². The van der Waals surface area contributed by atoms with Crippen LogP contribution in [0.25, 0.3) is 11.3 Å². The van der Waals surface area contributed by atoms with Crippen LogP contribution in [0.4, 0.5) is 4.39 Å². The number of benzene rings is 2. The van der Waals surface area contributed by atoms with E-state index in [1.165, 1.54) is 12.1 Å². The number of nitrogens with one attached hydrogen (secondary N) is 1. The topological polar surface area (TPSA) is 81.9 Å². The number of rotatable bonds is 6. The summed E-state index contributed by atoms with van der Waals surface area (Å²) in [6.45, 7) is 8.64. The fourth-order valence-electron chi connectivity index (χ4n) is 4.55. The fraction of sp³-hybridized carbons (Fsp3) is 0.286. The Morgan fingerprint density at radius 1 is 1.11 bits per heavy atom. The maximum Gasteiger partial charge on any atom is 0.251 e. The molecule has 0 unspecified atom stereocenters. The molecule has 0 spiro atoms. The molecule has 1 N–H and O–H groups in total. The van der Waals surface area contributed by atoms with Gasteiger partial charge in [-0.05, 0) is 63.6 Å². The van der Waals surface area contributed by atoms with Gasteiger partial charge in [-0.1, -0.05) is 12.1 Å². The van der Waals surface area contributed by atoms with Gasteiger partial charge in [0.1, 0.15) is 17.7 Å². The second-order valence-electron chi connectivity index (χ2n) is 9.32. The Hall–Kier alpha value is -4.07. The standard InChI is InChI=1S/C28H28FN5O2/c1-16-9-18(3)34(33-16)15-20-5-7-21(8-6-20)28(35)31-14-24-11-22-10-23(29)12-25(27(22)36-24)26-19(4)30-13-17(2)32-26/h5-10,12-13,24H,11,14-15H2,1-4H3,(H,31,35)/t24-/m1/s1. The number of amides is 1. The minimum Gasteiger partial charge on any atom is -0.487 e. The Bertz CT molecular complexity index is 1450. The second kappa shape index (κ2) is 9.53. The molecule has 0 aliphatic carbocycles. The number of fused-ring (bicyclic) bond motifs is 1. The van der Waals surface area contributed by atoms with Crippen molar-refractivity contribution in [2.24, 2.45) is 0 Å². The van der Waals surface area contributed by atoms with Crippen LogP contribution in [-0.2, 0) is 13.0 Å². The van der Waals surface area contributed by atoms with E-state index in [4.69, 9.17) is 4.74 Å². The minimum atomic E-state index is -0.347. The fourth-order valence-corrected chi connectivity index (χ4v) is 4.55. The molecule has 0 saturated carbocycles. The third kappa shape index (κ3) is 4.84. The number of nitrogens with zero attached hydrogens (tertiary/aromatic N) is 4. The zero-order chi connectivity index (χ0) is 25.4. The van der Waals surface area contributed by atoms with Crippen LogP contribution in [0, 0.1) is 33.5 Å². The van der Waals surface area contributed by atoms with E-state index < -0.39 is 0 Å². The molecule has 0 radical (unpaired) electrons. The molecule has 36 heavy (non-hydrogen) atoms. The smallest absolute Gasteiger partial charge is 0.251 e. The highest BCUT2D eigenvalue weighted by Crippen LogP contribution is 2.39. The van der Waals surface area contributed by atoms with Crippen molar-refractivity contribution in [1.29, 1.82) is 0 Å². The third-order valence-corrected chi connectivity index (χ3v) is 6.34. The number of aromatic nitrogens is 4. The first-order valence-electron chi connectivity index (χ1n) is 11.9. The molecule has 0 bridgehead atoms. The molecule has 1 atom stereocenters. The molecule has 2 aromatic carbocycles. The van der Waals surface area contributed by atoms with Crippen molar-refractivity contribution < 1.29 is 13.9 Å². The summed E-state index contributed by atoms with van der Waals surface area (Å²) in [5.74, 6) is 0.0754. The Morgan fingerprint density at radius 3 is 2.61 bits per heavy atom. The summed E-state index contributed by atoms with van der Waals surface area (Å²) in [6, 6.07) is 12.5. The van der Waals surface area contributed by atoms with Crippen LogP contribution in [0.5, 0.6) is 5.75 Å². The summed E-state index contributed by atoms with van der Waals surface area (Å²) in [6.07, 6.45) is 1.89. The van der Waals surface area contributed by atoms with Crippen LogP contribution in [-0.4, -0.2) is 38.3 Å². The molecule has 2 aromatic heterocycles. The van der Waals surface area contributed by atoms with Gasteiger partial charge < -0.3 is 10.1 Å². The number of aryl methyl sites for hydroxylation is 4. The van der Waals surface area contributed by atoms with Gasteiger partial charge in [0.2, 0.25) is 0 Å². The van der Waals surface area contributed by atoms with Crippen molar-refractivity contribution >= 4 is 5.91 Å². The van der Waals surface area contributed by atoms with Crippen molar-refractivity contribution in [2.75, 3.05) is 6.54 Å². The maximum absolute atomic E-state index is 14.4. The van der Waals surface area contributed by atoms with Crippen molar-refractivity contribution in [1.82, 2.24) is 25.1 Å². The number of hydrogen-bond donors (Lipinski definition) is 1. The van der Waals surface area contributed by atoms with Gasteiger partial charge in [-0.2, -0.15) is 5.10 Å². The lowest BCUT2D eigenvalue weighted by Gasteiger charge is -2.14. The molecular weight excluding hydrogens is 457 g/mol. The van der Waals surface area contributed by atoms with Crippen LogP contribution in [0.2, 0.25) is 0 Å². The molecule has 3 heterocycles. The molecule has 184 valence electrons. The van der Waals surface area contributed by atoms with E-state index >= 15 is 0 Å². The SMILES string of the molecule is Cc1cnc(C)c(-c2cc(F)cc3c2O[C@@H](CNC(=O)c2ccc(Cn4nc(C)cc4C)cc2)C3)n1. The summed E-state index contributed by atoms with van der Waals surface area (Å²) in [5.41, 5.74) is 7.13. The van der Waals surface area contributed by atoms with Gasteiger partial charge in [0.05, 0.1) is 35.9 Å². The Balaban J connectivity index is 1.24. The minimum absolute atomic E-state index is 0.181.